The summed E-state index contributed by atoms with van der Waals surface area (Å²) in [5.41, 5.74) is 0.851. The first-order valence-electron chi connectivity index (χ1n) is 5.84. The molecule has 5 nitrogen and oxygen atoms in total. The molecule has 3 N–H and O–H groups in total. The van der Waals surface area contributed by atoms with Gasteiger partial charge in [0.25, 0.3) is 0 Å². The highest BCUT2D eigenvalue weighted by Crippen LogP contribution is 2.03. The zero-order valence-corrected chi connectivity index (χ0v) is 10.6. The van der Waals surface area contributed by atoms with Gasteiger partial charge in [-0.25, -0.2) is 9.59 Å². The third-order valence-electron chi connectivity index (χ3n) is 2.40. The third kappa shape index (κ3) is 5.59. The summed E-state index contributed by atoms with van der Waals surface area (Å²) in [6.45, 7) is 1.86. The summed E-state index contributed by atoms with van der Waals surface area (Å²) < 4.78 is 0. The molecular weight excluding hydrogens is 244 g/mol. The summed E-state index contributed by atoms with van der Waals surface area (Å²) in [6.07, 6.45) is 0.239. The predicted molar refractivity (Wildman–Crippen MR) is 71.6 cm³/mol. The topological polar surface area (TPSA) is 78.4 Å². The molecule has 1 rings (SSSR count). The van der Waals surface area contributed by atoms with Gasteiger partial charge in [0.1, 0.15) is 6.04 Å². The highest BCUT2D eigenvalue weighted by molar-refractivity contribution is 5.82. The van der Waals surface area contributed by atoms with E-state index in [0.29, 0.717) is 0 Å². The van der Waals surface area contributed by atoms with Gasteiger partial charge < -0.3 is 15.7 Å². The van der Waals surface area contributed by atoms with Crippen molar-refractivity contribution in [3.63, 3.8) is 0 Å². The summed E-state index contributed by atoms with van der Waals surface area (Å²) in [7, 11) is 0. The SMILES string of the molecule is CC#CCNC(=O)N[C@@H](Cc1ccccc1)C(=O)O. The molecule has 1 aromatic carbocycles. The van der Waals surface area contributed by atoms with Crippen molar-refractivity contribution in [2.75, 3.05) is 6.54 Å². The van der Waals surface area contributed by atoms with Crippen molar-refractivity contribution in [2.24, 2.45) is 0 Å². The van der Waals surface area contributed by atoms with Crippen LogP contribution in [0.15, 0.2) is 30.3 Å². The van der Waals surface area contributed by atoms with Crippen molar-refractivity contribution in [1.29, 1.82) is 0 Å². The molecule has 0 heterocycles. The summed E-state index contributed by atoms with van der Waals surface area (Å²) in [5, 5.41) is 14.0. The Morgan fingerprint density at radius 3 is 2.58 bits per heavy atom. The molecule has 0 unspecified atom stereocenters. The van der Waals surface area contributed by atoms with Crippen LogP contribution < -0.4 is 10.6 Å². The minimum atomic E-state index is -1.07. The van der Waals surface area contributed by atoms with Gasteiger partial charge in [0.2, 0.25) is 0 Å². The lowest BCUT2D eigenvalue weighted by Crippen LogP contribution is -2.47. The molecule has 0 saturated heterocycles. The van der Waals surface area contributed by atoms with Crippen molar-refractivity contribution < 1.29 is 14.7 Å². The average Bonchev–Trinajstić information content (AvgIpc) is 2.39. The number of nitrogens with one attached hydrogen (secondary N) is 2. The Morgan fingerprint density at radius 2 is 2.00 bits per heavy atom. The summed E-state index contributed by atoms with van der Waals surface area (Å²) in [6, 6.07) is 7.64. The number of benzene rings is 1. The first kappa shape index (κ1) is 14.6. The minimum absolute atomic E-state index is 0.194. The van der Waals surface area contributed by atoms with E-state index in [2.05, 4.69) is 22.5 Å². The fourth-order valence-corrected chi connectivity index (χ4v) is 1.47. The monoisotopic (exact) mass is 260 g/mol. The van der Waals surface area contributed by atoms with Gasteiger partial charge in [-0.2, -0.15) is 0 Å². The third-order valence-corrected chi connectivity index (χ3v) is 2.40. The van der Waals surface area contributed by atoms with E-state index in [-0.39, 0.29) is 13.0 Å². The van der Waals surface area contributed by atoms with Gasteiger partial charge in [0.15, 0.2) is 0 Å². The lowest BCUT2D eigenvalue weighted by molar-refractivity contribution is -0.139. The first-order chi connectivity index (χ1) is 9.13. The second-order valence-corrected chi connectivity index (χ2v) is 3.83. The van der Waals surface area contributed by atoms with E-state index in [9.17, 15) is 9.59 Å². The van der Waals surface area contributed by atoms with Gasteiger partial charge >= 0.3 is 12.0 Å². The molecule has 0 fully saturated rings. The Balaban J connectivity index is 2.55. The van der Waals surface area contributed by atoms with E-state index >= 15 is 0 Å². The van der Waals surface area contributed by atoms with Crippen LogP contribution in [0.3, 0.4) is 0 Å². The maximum atomic E-state index is 11.5. The lowest BCUT2D eigenvalue weighted by Gasteiger charge is -2.14. The van der Waals surface area contributed by atoms with Gasteiger partial charge in [-0.1, -0.05) is 36.3 Å². The van der Waals surface area contributed by atoms with E-state index < -0.39 is 18.0 Å². The second-order valence-electron chi connectivity index (χ2n) is 3.83. The number of urea groups is 1. The lowest BCUT2D eigenvalue weighted by atomic mass is 10.1. The molecular formula is C14H16N2O3. The normalized spacial score (nSPS) is 10.8. The van der Waals surface area contributed by atoms with Gasteiger partial charge in [0.05, 0.1) is 6.54 Å². The zero-order valence-electron chi connectivity index (χ0n) is 10.6. The number of carboxylic acids is 1. The van der Waals surface area contributed by atoms with E-state index in [4.69, 9.17) is 5.11 Å². The van der Waals surface area contributed by atoms with Crippen molar-refractivity contribution >= 4 is 12.0 Å². The molecule has 5 heteroatoms. The molecule has 0 aromatic heterocycles. The van der Waals surface area contributed by atoms with Crippen LogP contribution in [0.25, 0.3) is 0 Å². The fraction of sp³-hybridized carbons (Fsp3) is 0.286. The van der Waals surface area contributed by atoms with Gasteiger partial charge in [-0.3, -0.25) is 0 Å². The maximum absolute atomic E-state index is 11.5. The van der Waals surface area contributed by atoms with Crippen LogP contribution >= 0.6 is 0 Å². The molecule has 100 valence electrons. The van der Waals surface area contributed by atoms with E-state index in [1.54, 1.807) is 6.92 Å². The predicted octanol–water partition coefficient (Wildman–Crippen LogP) is 1.00. The average molecular weight is 260 g/mol. The molecule has 1 atom stereocenters. The quantitative estimate of drug-likeness (QED) is 0.691. The minimum Gasteiger partial charge on any atom is -0.480 e. The van der Waals surface area contributed by atoms with Gasteiger partial charge in [-0.15, -0.1) is 5.92 Å². The van der Waals surface area contributed by atoms with Crippen molar-refractivity contribution in [3.8, 4) is 11.8 Å². The van der Waals surface area contributed by atoms with Crippen molar-refractivity contribution in [2.45, 2.75) is 19.4 Å². The molecule has 19 heavy (non-hydrogen) atoms. The highest BCUT2D eigenvalue weighted by atomic mass is 16.4. The van der Waals surface area contributed by atoms with Crippen LogP contribution in [-0.2, 0) is 11.2 Å². The zero-order chi connectivity index (χ0) is 14.1. The van der Waals surface area contributed by atoms with E-state index in [1.807, 2.05) is 30.3 Å². The molecule has 0 aliphatic rings. The maximum Gasteiger partial charge on any atom is 0.326 e. The Morgan fingerprint density at radius 1 is 1.32 bits per heavy atom. The molecule has 0 aliphatic carbocycles. The van der Waals surface area contributed by atoms with E-state index in [0.717, 1.165) is 5.56 Å². The molecule has 0 spiro atoms. The van der Waals surface area contributed by atoms with Crippen molar-refractivity contribution in [3.05, 3.63) is 35.9 Å². The van der Waals surface area contributed by atoms with Crippen LogP contribution in [0.2, 0.25) is 0 Å². The fourth-order valence-electron chi connectivity index (χ4n) is 1.47. The largest absolute Gasteiger partial charge is 0.480 e. The van der Waals surface area contributed by atoms with Gasteiger partial charge in [0, 0.05) is 6.42 Å². The number of carbonyl (C=O) groups excluding carboxylic acids is 1. The number of carboxylic acid groups (broad SMARTS) is 1. The summed E-state index contributed by atoms with van der Waals surface area (Å²) in [5.74, 6) is 4.22. The standard InChI is InChI=1S/C14H16N2O3/c1-2-3-9-15-14(19)16-12(13(17)18)10-11-7-5-4-6-8-11/h4-8,12H,9-10H2,1H3,(H,17,18)(H2,15,16,19)/t12-/m0/s1. The van der Waals surface area contributed by atoms with E-state index in [1.165, 1.54) is 0 Å². The number of rotatable bonds is 5. The second kappa shape index (κ2) is 7.77. The smallest absolute Gasteiger partial charge is 0.326 e. The molecule has 0 bridgehead atoms. The van der Waals surface area contributed by atoms with Gasteiger partial charge in [-0.05, 0) is 12.5 Å². The highest BCUT2D eigenvalue weighted by Gasteiger charge is 2.19. The molecule has 0 saturated carbocycles. The number of hydrogen-bond donors (Lipinski definition) is 3. The molecule has 0 radical (unpaired) electrons. The summed E-state index contributed by atoms with van der Waals surface area (Å²) >= 11 is 0. The Kier molecular flexibility index (Phi) is 5.96. The number of amides is 2. The van der Waals surface area contributed by atoms with Crippen LogP contribution in [0.4, 0.5) is 4.79 Å². The molecule has 1 aromatic rings. The van der Waals surface area contributed by atoms with Crippen LogP contribution in [0, 0.1) is 11.8 Å². The van der Waals surface area contributed by atoms with Crippen LogP contribution in [0.1, 0.15) is 12.5 Å². The molecule has 0 aliphatic heterocycles. The Hall–Kier alpha value is -2.48. The number of carbonyl (C=O) groups is 2. The number of aliphatic carboxylic acids is 1. The Bertz CT molecular complexity index is 488. The number of hydrogen-bond acceptors (Lipinski definition) is 2. The molecule has 2 amide bonds. The first-order valence-corrected chi connectivity index (χ1v) is 5.84. The van der Waals surface area contributed by atoms with Crippen LogP contribution in [-0.4, -0.2) is 29.7 Å². The summed E-state index contributed by atoms with van der Waals surface area (Å²) in [4.78, 5) is 22.6. The van der Waals surface area contributed by atoms with Crippen LogP contribution in [0.5, 0.6) is 0 Å². The van der Waals surface area contributed by atoms with Crippen molar-refractivity contribution in [1.82, 2.24) is 10.6 Å². The Labute approximate surface area is 112 Å².